The minimum Gasteiger partial charge on any atom is -0.456 e. The van der Waals surface area contributed by atoms with Crippen LogP contribution in [0.15, 0.2) is 48.1 Å². The summed E-state index contributed by atoms with van der Waals surface area (Å²) in [6, 6.07) is -1.03. The third kappa shape index (κ3) is 9.70. The van der Waals surface area contributed by atoms with E-state index in [9.17, 15) is 24.3 Å². The van der Waals surface area contributed by atoms with Crippen LogP contribution in [0.2, 0.25) is 0 Å². The molecule has 1 saturated carbocycles. The minimum atomic E-state index is -2.46. The van der Waals surface area contributed by atoms with Gasteiger partial charge in [-0.15, -0.1) is 6.58 Å². The van der Waals surface area contributed by atoms with Crippen LogP contribution < -0.4 is 0 Å². The second kappa shape index (κ2) is 18.3. The molecule has 11 heteroatoms. The first-order chi connectivity index (χ1) is 25.7. The summed E-state index contributed by atoms with van der Waals surface area (Å²) in [4.78, 5) is 57.5. The van der Waals surface area contributed by atoms with Gasteiger partial charge in [-0.1, -0.05) is 50.6 Å². The highest BCUT2D eigenvalue weighted by molar-refractivity contribution is 6.39. The third-order valence-electron chi connectivity index (χ3n) is 12.3. The number of ether oxygens (including phenoxy) is 5. The van der Waals surface area contributed by atoms with Gasteiger partial charge in [0.05, 0.1) is 24.4 Å². The van der Waals surface area contributed by atoms with Crippen LogP contribution in [-0.4, -0.2) is 103 Å². The summed E-state index contributed by atoms with van der Waals surface area (Å²) in [5, 5.41) is 12.0. The van der Waals surface area contributed by atoms with Gasteiger partial charge in [0.25, 0.3) is 11.7 Å². The number of fused-ring (bicyclic) bond motifs is 4. The molecule has 0 radical (unpaired) electrons. The maximum Gasteiger partial charge on any atom is 0.329 e. The Labute approximate surface area is 321 Å². The molecule has 11 nitrogen and oxygen atoms in total. The molecule has 3 saturated heterocycles. The molecule has 1 amide bonds. The van der Waals surface area contributed by atoms with Gasteiger partial charge in [-0.05, 0) is 102 Å². The Balaban J connectivity index is 1.52. The Hall–Kier alpha value is -2.96. The van der Waals surface area contributed by atoms with Gasteiger partial charge in [-0.3, -0.25) is 14.4 Å². The molecule has 0 spiro atoms. The van der Waals surface area contributed by atoms with Gasteiger partial charge in [-0.2, -0.15) is 0 Å². The summed E-state index contributed by atoms with van der Waals surface area (Å²) in [5.41, 5.74) is 1.89. The van der Waals surface area contributed by atoms with Crippen molar-refractivity contribution in [2.75, 3.05) is 20.8 Å². The summed E-state index contributed by atoms with van der Waals surface area (Å²) in [7, 11) is 3.10. The zero-order chi connectivity index (χ0) is 39.3. The number of ketones is 2. The zero-order valence-corrected chi connectivity index (χ0v) is 33.4. The van der Waals surface area contributed by atoms with E-state index in [4.69, 9.17) is 23.7 Å². The van der Waals surface area contributed by atoms with Gasteiger partial charge >= 0.3 is 5.97 Å². The Morgan fingerprint density at radius 1 is 1.02 bits per heavy atom. The van der Waals surface area contributed by atoms with Crippen LogP contribution in [0, 0.1) is 29.6 Å². The van der Waals surface area contributed by atoms with Crippen molar-refractivity contribution in [2.24, 2.45) is 29.6 Å². The molecule has 1 N–H and O–H groups in total. The molecular weight excluding hydrogens is 690 g/mol. The van der Waals surface area contributed by atoms with Crippen LogP contribution in [0.3, 0.4) is 0 Å². The van der Waals surface area contributed by atoms with Crippen molar-refractivity contribution in [1.29, 1.82) is 0 Å². The Kier molecular flexibility index (Phi) is 14.3. The number of hydrogen-bond donors (Lipinski definition) is 1. The molecule has 1 aliphatic carbocycles. The monoisotopic (exact) mass is 753 g/mol. The van der Waals surface area contributed by atoms with Crippen LogP contribution in [-0.2, 0) is 42.9 Å². The molecule has 2 bridgehead atoms. The number of amides is 1. The van der Waals surface area contributed by atoms with Crippen LogP contribution in [0.5, 0.6) is 0 Å². The lowest BCUT2D eigenvalue weighted by Crippen LogP contribution is -2.64. The minimum absolute atomic E-state index is 0.0653. The topological polar surface area (TPSA) is 141 Å². The molecule has 4 heterocycles. The molecular formula is C43H63NO10. The van der Waals surface area contributed by atoms with Crippen LogP contribution >= 0.6 is 0 Å². The maximum absolute atomic E-state index is 14.2. The summed E-state index contributed by atoms with van der Waals surface area (Å²) in [6.07, 6.45) is 13.6. The number of nitrogens with zero attached hydrogens (tertiary/aromatic N) is 1. The largest absolute Gasteiger partial charge is 0.456 e. The van der Waals surface area contributed by atoms with Crippen molar-refractivity contribution in [3.63, 3.8) is 0 Å². The van der Waals surface area contributed by atoms with Gasteiger partial charge in [0.1, 0.15) is 18.2 Å². The van der Waals surface area contributed by atoms with E-state index in [1.54, 1.807) is 39.4 Å². The molecule has 0 aromatic heterocycles. The normalized spacial score (nSPS) is 42.0. The van der Waals surface area contributed by atoms with Crippen molar-refractivity contribution in [3.8, 4) is 0 Å². The molecule has 0 aromatic rings. The van der Waals surface area contributed by atoms with Crippen LogP contribution in [0.1, 0.15) is 98.8 Å². The van der Waals surface area contributed by atoms with Gasteiger partial charge < -0.3 is 33.7 Å². The van der Waals surface area contributed by atoms with Crippen LogP contribution in [0.4, 0.5) is 0 Å². The lowest BCUT2D eigenvalue weighted by atomic mass is 9.82. The summed E-state index contributed by atoms with van der Waals surface area (Å²) in [6.45, 7) is 13.7. The van der Waals surface area contributed by atoms with Crippen molar-refractivity contribution in [2.45, 2.75) is 147 Å². The number of carbonyl (C=O) groups is 4. The smallest absolute Gasteiger partial charge is 0.329 e. The van der Waals surface area contributed by atoms with Gasteiger partial charge in [0.2, 0.25) is 5.79 Å². The Morgan fingerprint density at radius 3 is 2.43 bits per heavy atom. The molecule has 300 valence electrons. The highest BCUT2D eigenvalue weighted by Crippen LogP contribution is 2.41. The fourth-order valence-electron chi connectivity index (χ4n) is 9.16. The first-order valence-electron chi connectivity index (χ1n) is 20.1. The number of esters is 1. The number of carbonyl (C=O) groups excluding carboxylic acids is 4. The number of methoxy groups -OCH3 is 2. The molecule has 13 unspecified atom stereocenters. The second-order valence-electron chi connectivity index (χ2n) is 16.7. The average molecular weight is 754 g/mol. The Bertz CT molecular complexity index is 1490. The predicted octanol–water partition coefficient (Wildman–Crippen LogP) is 5.84. The molecule has 54 heavy (non-hydrogen) atoms. The summed E-state index contributed by atoms with van der Waals surface area (Å²) in [5.74, 6) is -6.50. The first-order valence-corrected chi connectivity index (χ1v) is 20.1. The molecule has 5 aliphatic rings. The van der Waals surface area contributed by atoms with E-state index in [1.165, 1.54) is 4.90 Å². The molecule has 13 atom stereocenters. The SMILES string of the molecule is C=CCC1/C=C(\C)CC(C)CC(OC)C2OC(O)(C(=O)C(=O)N3CCCCC3C(=O)OC(C(C)=CC3CCC4OC4C3)C(C)/C=C/C1=O)C(C)CC2OC. The highest BCUT2D eigenvalue weighted by atomic mass is 16.7. The van der Waals surface area contributed by atoms with Crippen molar-refractivity contribution in [1.82, 2.24) is 4.90 Å². The quantitative estimate of drug-likeness (QED) is 0.152. The maximum atomic E-state index is 14.2. The molecule has 0 aromatic carbocycles. The number of Topliss-reactive ketones (excluding diaryl/α,β-unsaturated/α-hetero) is 1. The predicted molar refractivity (Wildman–Crippen MR) is 203 cm³/mol. The van der Waals surface area contributed by atoms with Crippen molar-refractivity contribution >= 4 is 23.4 Å². The van der Waals surface area contributed by atoms with E-state index in [-0.39, 0.29) is 42.6 Å². The van der Waals surface area contributed by atoms with E-state index in [0.717, 1.165) is 30.4 Å². The number of aliphatic hydroxyl groups is 1. The third-order valence-corrected chi connectivity index (χ3v) is 12.3. The summed E-state index contributed by atoms with van der Waals surface area (Å²) >= 11 is 0. The standard InChI is InChI=1S/C43H63NO10/c1-9-12-31-20-25(2)19-26(3)21-36(50-7)39-37(51-8)23-29(6)43(49,54-39)40(46)41(47)44-18-11-10-13-32(44)42(48)53-38(27(4)14-16-33(31)45)28(5)22-30-15-17-34-35(24-30)52-34/h9,14,16,20,22,26-27,29-32,34-39,49H,1,10-13,15,17-19,21,23-24H2,2-8H3/b16-14+,25-20+,28-22?. The highest BCUT2D eigenvalue weighted by Gasteiger charge is 2.56. The van der Waals surface area contributed by atoms with Crippen molar-refractivity contribution < 1.29 is 48.0 Å². The van der Waals surface area contributed by atoms with Gasteiger partial charge in [0.15, 0.2) is 5.78 Å². The van der Waals surface area contributed by atoms with E-state index in [1.807, 2.05) is 26.8 Å². The number of hydrogen-bond acceptors (Lipinski definition) is 10. The first kappa shape index (κ1) is 42.2. The number of epoxide rings is 1. The number of rotatable bonds is 6. The number of cyclic esters (lactones) is 1. The number of allylic oxidation sites excluding steroid dienone is 5. The summed E-state index contributed by atoms with van der Waals surface area (Å²) < 4.78 is 30.1. The van der Waals surface area contributed by atoms with E-state index >= 15 is 0 Å². The van der Waals surface area contributed by atoms with E-state index < -0.39 is 65.7 Å². The fourth-order valence-corrected chi connectivity index (χ4v) is 9.16. The zero-order valence-electron chi connectivity index (χ0n) is 33.4. The lowest BCUT2D eigenvalue weighted by Gasteiger charge is -2.47. The fraction of sp³-hybridized carbons (Fsp3) is 0.721. The average Bonchev–Trinajstić information content (AvgIpc) is 3.93. The van der Waals surface area contributed by atoms with E-state index in [0.29, 0.717) is 44.6 Å². The van der Waals surface area contributed by atoms with E-state index in [2.05, 4.69) is 19.6 Å². The van der Waals surface area contributed by atoms with Gasteiger partial charge in [-0.25, -0.2) is 4.79 Å². The molecule has 4 fully saturated rings. The second-order valence-corrected chi connectivity index (χ2v) is 16.7. The lowest BCUT2D eigenvalue weighted by molar-refractivity contribution is -0.302. The molecule has 5 rings (SSSR count). The van der Waals surface area contributed by atoms with Crippen molar-refractivity contribution in [3.05, 3.63) is 48.1 Å². The van der Waals surface area contributed by atoms with Gasteiger partial charge in [0, 0.05) is 38.5 Å². The molecule has 4 aliphatic heterocycles. The van der Waals surface area contributed by atoms with Crippen LogP contribution in [0.25, 0.3) is 0 Å². The number of piperidine rings is 1. The Morgan fingerprint density at radius 2 is 1.74 bits per heavy atom.